The molecule has 0 aliphatic carbocycles. The maximum Gasteiger partial charge on any atom is 0.221 e. The van der Waals surface area contributed by atoms with E-state index in [1.165, 1.54) is 16.3 Å². The number of thioether (sulfide) groups is 1. The second kappa shape index (κ2) is 4.14. The summed E-state index contributed by atoms with van der Waals surface area (Å²) in [7, 11) is 0. The second-order valence-electron chi connectivity index (χ2n) is 4.21. The van der Waals surface area contributed by atoms with Gasteiger partial charge in [0.2, 0.25) is 5.91 Å². The second-order valence-corrected chi connectivity index (χ2v) is 5.33. The fourth-order valence-corrected chi connectivity index (χ4v) is 3.28. The SMILES string of the molecule is O=C1CC(c2cc3n(c2)CCS3)NCCN1. The van der Waals surface area contributed by atoms with Gasteiger partial charge in [-0.2, -0.15) is 0 Å². The Balaban J connectivity index is 1.82. The molecule has 1 fully saturated rings. The molecule has 0 radical (unpaired) electrons. The number of aryl methyl sites for hydroxylation is 1. The largest absolute Gasteiger partial charge is 0.355 e. The first-order valence-electron chi connectivity index (χ1n) is 5.66. The lowest BCUT2D eigenvalue weighted by Crippen LogP contribution is -2.24. The summed E-state index contributed by atoms with van der Waals surface area (Å²) in [6, 6.07) is 2.40. The van der Waals surface area contributed by atoms with Gasteiger partial charge in [-0.15, -0.1) is 11.8 Å². The van der Waals surface area contributed by atoms with Gasteiger partial charge < -0.3 is 15.2 Å². The van der Waals surface area contributed by atoms with Crippen molar-refractivity contribution >= 4 is 17.7 Å². The van der Waals surface area contributed by atoms with Crippen molar-refractivity contribution in [3.05, 3.63) is 17.8 Å². The average molecular weight is 237 g/mol. The molecule has 1 unspecified atom stereocenters. The van der Waals surface area contributed by atoms with Gasteiger partial charge in [-0.1, -0.05) is 0 Å². The van der Waals surface area contributed by atoms with Gasteiger partial charge in [0, 0.05) is 44.0 Å². The van der Waals surface area contributed by atoms with Crippen LogP contribution < -0.4 is 10.6 Å². The van der Waals surface area contributed by atoms with E-state index in [1.807, 2.05) is 11.8 Å². The highest BCUT2D eigenvalue weighted by Gasteiger charge is 2.22. The van der Waals surface area contributed by atoms with Crippen LogP contribution in [-0.4, -0.2) is 29.3 Å². The van der Waals surface area contributed by atoms with E-state index in [2.05, 4.69) is 27.5 Å². The van der Waals surface area contributed by atoms with Gasteiger partial charge in [0.05, 0.1) is 5.03 Å². The van der Waals surface area contributed by atoms with Crippen LogP contribution in [0.1, 0.15) is 18.0 Å². The maximum absolute atomic E-state index is 11.5. The van der Waals surface area contributed by atoms with Gasteiger partial charge >= 0.3 is 0 Å². The first kappa shape index (κ1) is 10.2. The summed E-state index contributed by atoms with van der Waals surface area (Å²) in [5.74, 6) is 1.32. The molecule has 1 aromatic rings. The number of amides is 1. The molecule has 1 saturated heterocycles. The average Bonchev–Trinajstić information content (AvgIpc) is 2.76. The number of nitrogens with zero attached hydrogens (tertiary/aromatic N) is 1. The van der Waals surface area contributed by atoms with Crippen LogP contribution in [0.15, 0.2) is 17.3 Å². The van der Waals surface area contributed by atoms with Gasteiger partial charge in [-0.25, -0.2) is 0 Å². The number of carbonyl (C=O) groups is 1. The summed E-state index contributed by atoms with van der Waals surface area (Å²) >= 11 is 1.89. The lowest BCUT2D eigenvalue weighted by atomic mass is 10.1. The number of rotatable bonds is 1. The summed E-state index contributed by atoms with van der Waals surface area (Å²) in [6.07, 6.45) is 2.74. The number of aromatic nitrogens is 1. The van der Waals surface area contributed by atoms with Crippen molar-refractivity contribution in [3.8, 4) is 0 Å². The first-order chi connectivity index (χ1) is 7.83. The topological polar surface area (TPSA) is 46.1 Å². The zero-order valence-electron chi connectivity index (χ0n) is 9.03. The third-order valence-electron chi connectivity index (χ3n) is 3.09. The normalized spacial score (nSPS) is 25.0. The Kier molecular flexibility index (Phi) is 2.65. The Labute approximate surface area is 98.8 Å². The van der Waals surface area contributed by atoms with Crippen LogP contribution in [0, 0.1) is 0 Å². The number of carbonyl (C=O) groups excluding carboxylic acids is 1. The van der Waals surface area contributed by atoms with Crippen LogP contribution in [0.5, 0.6) is 0 Å². The highest BCUT2D eigenvalue weighted by molar-refractivity contribution is 7.99. The summed E-state index contributed by atoms with van der Waals surface area (Å²) in [5.41, 5.74) is 1.25. The summed E-state index contributed by atoms with van der Waals surface area (Å²) < 4.78 is 2.28. The third kappa shape index (κ3) is 1.85. The van der Waals surface area contributed by atoms with Crippen molar-refractivity contribution in [2.24, 2.45) is 0 Å². The van der Waals surface area contributed by atoms with E-state index >= 15 is 0 Å². The predicted molar refractivity (Wildman–Crippen MR) is 63.5 cm³/mol. The highest BCUT2D eigenvalue weighted by Crippen LogP contribution is 2.31. The van der Waals surface area contributed by atoms with Gasteiger partial charge in [-0.05, 0) is 11.6 Å². The number of hydrogen-bond donors (Lipinski definition) is 2. The van der Waals surface area contributed by atoms with E-state index in [0.29, 0.717) is 6.42 Å². The molecule has 2 aliphatic rings. The molecule has 2 aliphatic heterocycles. The van der Waals surface area contributed by atoms with Crippen LogP contribution in [0.25, 0.3) is 0 Å². The molecular formula is C11H15N3OS. The fourth-order valence-electron chi connectivity index (χ4n) is 2.26. The predicted octanol–water partition coefficient (Wildman–Crippen LogP) is 0.744. The molecule has 5 heteroatoms. The van der Waals surface area contributed by atoms with Crippen LogP contribution in [0.3, 0.4) is 0 Å². The zero-order chi connectivity index (χ0) is 11.0. The third-order valence-corrected chi connectivity index (χ3v) is 4.12. The van der Waals surface area contributed by atoms with Crippen LogP contribution in [0.4, 0.5) is 0 Å². The van der Waals surface area contributed by atoms with Crippen LogP contribution >= 0.6 is 11.8 Å². The van der Waals surface area contributed by atoms with Crippen molar-refractivity contribution < 1.29 is 4.79 Å². The minimum atomic E-state index is 0.147. The molecule has 1 amide bonds. The van der Waals surface area contributed by atoms with E-state index in [-0.39, 0.29) is 11.9 Å². The molecule has 1 aromatic heterocycles. The Morgan fingerprint density at radius 3 is 3.25 bits per heavy atom. The van der Waals surface area contributed by atoms with Crippen molar-refractivity contribution in [2.45, 2.75) is 24.0 Å². The van der Waals surface area contributed by atoms with Crippen molar-refractivity contribution in [2.75, 3.05) is 18.8 Å². The summed E-state index contributed by atoms with van der Waals surface area (Å²) in [4.78, 5) is 11.5. The Bertz CT molecular complexity index is 394. The molecule has 1 atom stereocenters. The van der Waals surface area contributed by atoms with Crippen LogP contribution in [-0.2, 0) is 11.3 Å². The highest BCUT2D eigenvalue weighted by atomic mass is 32.2. The first-order valence-corrected chi connectivity index (χ1v) is 6.64. The van der Waals surface area contributed by atoms with E-state index in [0.717, 1.165) is 19.6 Å². The van der Waals surface area contributed by atoms with E-state index in [4.69, 9.17) is 0 Å². The fraction of sp³-hybridized carbons (Fsp3) is 0.545. The molecule has 3 rings (SSSR count). The molecule has 0 saturated carbocycles. The van der Waals surface area contributed by atoms with Gasteiger partial charge in [0.15, 0.2) is 0 Å². The number of nitrogens with one attached hydrogen (secondary N) is 2. The Morgan fingerprint density at radius 1 is 1.44 bits per heavy atom. The zero-order valence-corrected chi connectivity index (χ0v) is 9.85. The molecule has 16 heavy (non-hydrogen) atoms. The molecule has 86 valence electrons. The van der Waals surface area contributed by atoms with Crippen LogP contribution in [0.2, 0.25) is 0 Å². The van der Waals surface area contributed by atoms with E-state index in [9.17, 15) is 4.79 Å². The molecule has 0 bridgehead atoms. The Morgan fingerprint density at radius 2 is 2.38 bits per heavy atom. The summed E-state index contributed by atoms with van der Waals surface area (Å²) in [6.45, 7) is 2.68. The monoisotopic (exact) mass is 237 g/mol. The Hall–Kier alpha value is -0.940. The van der Waals surface area contributed by atoms with E-state index in [1.54, 1.807) is 0 Å². The molecule has 3 heterocycles. The maximum atomic E-state index is 11.5. The van der Waals surface area contributed by atoms with E-state index < -0.39 is 0 Å². The molecule has 2 N–H and O–H groups in total. The molecule has 0 aromatic carbocycles. The minimum absolute atomic E-state index is 0.147. The lowest BCUT2D eigenvalue weighted by molar-refractivity contribution is -0.121. The lowest BCUT2D eigenvalue weighted by Gasteiger charge is -2.12. The van der Waals surface area contributed by atoms with Crippen molar-refractivity contribution in [3.63, 3.8) is 0 Å². The van der Waals surface area contributed by atoms with Gasteiger partial charge in [-0.3, -0.25) is 4.79 Å². The standard InChI is InChI=1S/C11H15N3OS/c15-10-6-9(12-1-2-13-10)8-5-11-14(7-8)3-4-16-11/h5,7,9,12H,1-4,6H2,(H,13,15). The van der Waals surface area contributed by atoms with Gasteiger partial charge in [0.1, 0.15) is 0 Å². The molecular weight excluding hydrogens is 222 g/mol. The number of fused-ring (bicyclic) bond motifs is 1. The summed E-state index contributed by atoms with van der Waals surface area (Å²) in [5, 5.41) is 7.63. The molecule has 0 spiro atoms. The minimum Gasteiger partial charge on any atom is -0.355 e. The van der Waals surface area contributed by atoms with Crippen molar-refractivity contribution in [1.29, 1.82) is 0 Å². The smallest absolute Gasteiger partial charge is 0.221 e. The molecule has 4 nitrogen and oxygen atoms in total. The van der Waals surface area contributed by atoms with Crippen molar-refractivity contribution in [1.82, 2.24) is 15.2 Å². The van der Waals surface area contributed by atoms with Gasteiger partial charge in [0.25, 0.3) is 0 Å². The quantitative estimate of drug-likeness (QED) is 0.757. The number of hydrogen-bond acceptors (Lipinski definition) is 3.